The third-order valence-electron chi connectivity index (χ3n) is 2.68. The molecule has 0 saturated carbocycles. The molecule has 8 nitrogen and oxygen atoms in total. The highest BCUT2D eigenvalue weighted by atomic mass is 16.3. The normalized spacial score (nSPS) is 12.3. The Morgan fingerprint density at radius 3 is 2.89 bits per heavy atom. The molecule has 0 amide bonds. The zero-order chi connectivity index (χ0) is 13.7. The Kier molecular flexibility index (Phi) is 4.24. The summed E-state index contributed by atoms with van der Waals surface area (Å²) in [6.45, 7) is 2.13. The van der Waals surface area contributed by atoms with Gasteiger partial charge < -0.3 is 16.2 Å². The second-order valence-corrected chi connectivity index (χ2v) is 4.05. The van der Waals surface area contributed by atoms with E-state index in [4.69, 9.17) is 10.8 Å². The number of nitrogen functional groups attached to an aromatic ring is 1. The number of anilines is 2. The molecule has 0 aliphatic heterocycles. The van der Waals surface area contributed by atoms with Crippen LogP contribution in [-0.4, -0.2) is 42.3 Å². The Morgan fingerprint density at radius 2 is 2.26 bits per heavy atom. The zero-order valence-electron chi connectivity index (χ0n) is 10.7. The largest absolute Gasteiger partial charge is 0.396 e. The van der Waals surface area contributed by atoms with Crippen LogP contribution in [0, 0.1) is 0 Å². The van der Waals surface area contributed by atoms with E-state index in [1.807, 2.05) is 6.92 Å². The first kappa shape index (κ1) is 13.2. The van der Waals surface area contributed by atoms with E-state index in [9.17, 15) is 0 Å². The maximum atomic E-state index is 8.97. The lowest BCUT2D eigenvalue weighted by Crippen LogP contribution is -2.22. The second-order valence-electron chi connectivity index (χ2n) is 4.05. The summed E-state index contributed by atoms with van der Waals surface area (Å²) in [6.07, 6.45) is 6.43. The van der Waals surface area contributed by atoms with E-state index in [2.05, 4.69) is 25.3 Å². The number of hydrogen-bond acceptors (Lipinski definition) is 7. The summed E-state index contributed by atoms with van der Waals surface area (Å²) >= 11 is 0. The van der Waals surface area contributed by atoms with Crippen molar-refractivity contribution in [3.05, 3.63) is 18.7 Å². The average Bonchev–Trinajstić information content (AvgIpc) is 2.91. The van der Waals surface area contributed by atoms with Crippen LogP contribution in [0.15, 0.2) is 18.7 Å². The van der Waals surface area contributed by atoms with Gasteiger partial charge in [0.15, 0.2) is 0 Å². The molecule has 2 heterocycles. The van der Waals surface area contributed by atoms with E-state index in [0.717, 1.165) is 6.42 Å². The highest BCUT2D eigenvalue weighted by Crippen LogP contribution is 2.10. The van der Waals surface area contributed by atoms with Crippen LogP contribution >= 0.6 is 0 Å². The summed E-state index contributed by atoms with van der Waals surface area (Å²) in [7, 11) is 0. The molecule has 0 aliphatic carbocycles. The van der Waals surface area contributed by atoms with E-state index in [1.165, 1.54) is 0 Å². The number of aliphatic hydroxyl groups excluding tert-OH is 1. The molecule has 1 unspecified atom stereocenters. The van der Waals surface area contributed by atoms with E-state index >= 15 is 0 Å². The van der Waals surface area contributed by atoms with Gasteiger partial charge in [-0.15, -0.1) is 0 Å². The number of nitrogens with two attached hydrogens (primary N) is 1. The van der Waals surface area contributed by atoms with Gasteiger partial charge in [0.1, 0.15) is 6.33 Å². The van der Waals surface area contributed by atoms with Crippen molar-refractivity contribution in [2.24, 2.45) is 0 Å². The van der Waals surface area contributed by atoms with Crippen molar-refractivity contribution in [2.45, 2.75) is 25.8 Å². The molecule has 0 spiro atoms. The fourth-order valence-corrected chi connectivity index (χ4v) is 1.65. The Balaban J connectivity index is 2.21. The van der Waals surface area contributed by atoms with Crippen LogP contribution in [0.5, 0.6) is 0 Å². The fourth-order valence-electron chi connectivity index (χ4n) is 1.65. The molecule has 0 bridgehead atoms. The first-order valence-corrected chi connectivity index (χ1v) is 6.10. The Hall–Kier alpha value is -2.22. The lowest BCUT2D eigenvalue weighted by atomic mass is 10.2. The van der Waals surface area contributed by atoms with Gasteiger partial charge in [-0.2, -0.15) is 15.0 Å². The second kappa shape index (κ2) is 6.10. The van der Waals surface area contributed by atoms with Crippen LogP contribution in [0.25, 0.3) is 5.95 Å². The lowest BCUT2D eigenvalue weighted by molar-refractivity contribution is 0.278. The van der Waals surface area contributed by atoms with Crippen molar-refractivity contribution < 1.29 is 5.11 Å². The highest BCUT2D eigenvalue weighted by molar-refractivity contribution is 5.35. The highest BCUT2D eigenvalue weighted by Gasteiger charge is 2.10. The standard InChI is InChI=1S/C11H17N7O/c1-2-8(3-6-19)14-10-15-9(12)16-11(17-10)18-5-4-13-7-18/h4-5,7-8,19H,2-3,6H2,1H3,(H3,12,14,15,16,17). The molecular weight excluding hydrogens is 246 g/mol. The molecule has 102 valence electrons. The number of imidazole rings is 1. The molecule has 2 rings (SSSR count). The summed E-state index contributed by atoms with van der Waals surface area (Å²) < 4.78 is 1.65. The van der Waals surface area contributed by atoms with Crippen molar-refractivity contribution in [1.82, 2.24) is 24.5 Å². The minimum atomic E-state index is 0.0995. The van der Waals surface area contributed by atoms with Gasteiger partial charge in [-0.3, -0.25) is 4.57 Å². The molecule has 0 aliphatic rings. The Bertz CT molecular complexity index is 514. The Labute approximate surface area is 110 Å². The van der Waals surface area contributed by atoms with Gasteiger partial charge in [-0.1, -0.05) is 6.92 Å². The number of aromatic nitrogens is 5. The predicted octanol–water partition coefficient (Wildman–Crippen LogP) is 0.212. The van der Waals surface area contributed by atoms with Crippen LogP contribution < -0.4 is 11.1 Å². The minimum Gasteiger partial charge on any atom is -0.396 e. The van der Waals surface area contributed by atoms with Crippen LogP contribution in [0.1, 0.15) is 19.8 Å². The molecule has 19 heavy (non-hydrogen) atoms. The molecule has 0 aromatic carbocycles. The molecule has 1 atom stereocenters. The van der Waals surface area contributed by atoms with Gasteiger partial charge in [0.05, 0.1) is 0 Å². The third kappa shape index (κ3) is 3.38. The van der Waals surface area contributed by atoms with E-state index in [0.29, 0.717) is 18.3 Å². The van der Waals surface area contributed by atoms with Crippen LogP contribution in [-0.2, 0) is 0 Å². The van der Waals surface area contributed by atoms with Crippen molar-refractivity contribution in [1.29, 1.82) is 0 Å². The lowest BCUT2D eigenvalue weighted by Gasteiger charge is -2.16. The molecule has 8 heteroatoms. The van der Waals surface area contributed by atoms with Gasteiger partial charge in [0.25, 0.3) is 0 Å². The van der Waals surface area contributed by atoms with E-state index < -0.39 is 0 Å². The van der Waals surface area contributed by atoms with Gasteiger partial charge in [0, 0.05) is 25.0 Å². The van der Waals surface area contributed by atoms with Gasteiger partial charge in [0.2, 0.25) is 17.8 Å². The van der Waals surface area contributed by atoms with Gasteiger partial charge in [-0.05, 0) is 12.8 Å². The Morgan fingerprint density at radius 1 is 1.42 bits per heavy atom. The summed E-state index contributed by atoms with van der Waals surface area (Å²) in [6, 6.07) is 0.0995. The number of aliphatic hydroxyl groups is 1. The maximum Gasteiger partial charge on any atom is 0.241 e. The van der Waals surface area contributed by atoms with E-state index in [-0.39, 0.29) is 18.6 Å². The maximum absolute atomic E-state index is 8.97. The van der Waals surface area contributed by atoms with Gasteiger partial charge >= 0.3 is 0 Å². The van der Waals surface area contributed by atoms with Crippen LogP contribution in [0.3, 0.4) is 0 Å². The number of nitrogens with zero attached hydrogens (tertiary/aromatic N) is 5. The van der Waals surface area contributed by atoms with Crippen molar-refractivity contribution in [3.8, 4) is 5.95 Å². The quantitative estimate of drug-likeness (QED) is 0.682. The first-order chi connectivity index (χ1) is 9.22. The molecule has 2 aromatic rings. The number of nitrogens with one attached hydrogen (secondary N) is 1. The molecule has 0 radical (unpaired) electrons. The minimum absolute atomic E-state index is 0.0995. The third-order valence-corrected chi connectivity index (χ3v) is 2.68. The van der Waals surface area contributed by atoms with Crippen LogP contribution in [0.2, 0.25) is 0 Å². The van der Waals surface area contributed by atoms with Gasteiger partial charge in [-0.25, -0.2) is 4.98 Å². The molecular formula is C11H17N7O. The molecule has 2 aromatic heterocycles. The number of rotatable bonds is 6. The van der Waals surface area contributed by atoms with Crippen molar-refractivity contribution >= 4 is 11.9 Å². The van der Waals surface area contributed by atoms with Crippen LogP contribution in [0.4, 0.5) is 11.9 Å². The SMILES string of the molecule is CCC(CCO)Nc1nc(N)nc(-n2ccnc2)n1. The summed E-state index contributed by atoms with van der Waals surface area (Å²) in [5, 5.41) is 12.1. The predicted molar refractivity (Wildman–Crippen MR) is 70.8 cm³/mol. The fraction of sp³-hybridized carbons (Fsp3) is 0.455. The molecule has 4 N–H and O–H groups in total. The summed E-state index contributed by atoms with van der Waals surface area (Å²) in [5.74, 6) is 0.947. The van der Waals surface area contributed by atoms with E-state index in [1.54, 1.807) is 23.3 Å². The average molecular weight is 263 g/mol. The van der Waals surface area contributed by atoms with Crippen molar-refractivity contribution in [3.63, 3.8) is 0 Å². The monoisotopic (exact) mass is 263 g/mol. The molecule has 0 saturated heterocycles. The van der Waals surface area contributed by atoms with Crippen molar-refractivity contribution in [2.75, 3.05) is 17.7 Å². The topological polar surface area (TPSA) is 115 Å². The number of hydrogen-bond donors (Lipinski definition) is 3. The molecule has 0 fully saturated rings. The smallest absolute Gasteiger partial charge is 0.241 e. The zero-order valence-corrected chi connectivity index (χ0v) is 10.7. The summed E-state index contributed by atoms with van der Waals surface area (Å²) in [5.41, 5.74) is 5.67. The summed E-state index contributed by atoms with van der Waals surface area (Å²) in [4.78, 5) is 16.3. The first-order valence-electron chi connectivity index (χ1n) is 6.10.